The molecular formula is C12H21N3O4S. The fourth-order valence-corrected chi connectivity index (χ4v) is 2.68. The van der Waals surface area contributed by atoms with Crippen LogP contribution in [0.3, 0.4) is 0 Å². The normalized spacial score (nSPS) is 20.4. The summed E-state index contributed by atoms with van der Waals surface area (Å²) >= 11 is 1.46. The molecule has 1 aliphatic rings. The van der Waals surface area contributed by atoms with Crippen molar-refractivity contribution < 1.29 is 19.1 Å². The van der Waals surface area contributed by atoms with Crippen molar-refractivity contribution in [2.75, 3.05) is 11.6 Å². The molecular weight excluding hydrogens is 282 g/mol. The van der Waals surface area contributed by atoms with Crippen molar-refractivity contribution in [2.24, 2.45) is 5.73 Å². The Morgan fingerprint density at radius 1 is 1.40 bits per heavy atom. The van der Waals surface area contributed by atoms with Crippen LogP contribution in [-0.4, -0.2) is 52.1 Å². The van der Waals surface area contributed by atoms with Gasteiger partial charge in [0, 0.05) is 5.75 Å². The van der Waals surface area contributed by atoms with Crippen LogP contribution in [0, 0.1) is 0 Å². The number of nitrogens with two attached hydrogens (primary N) is 1. The van der Waals surface area contributed by atoms with Crippen molar-refractivity contribution in [3.63, 3.8) is 0 Å². The highest BCUT2D eigenvalue weighted by Crippen LogP contribution is 2.23. The molecule has 1 unspecified atom stereocenters. The lowest BCUT2D eigenvalue weighted by atomic mass is 10.2. The highest BCUT2D eigenvalue weighted by molar-refractivity contribution is 7.99. The Hall–Kier alpha value is -1.44. The van der Waals surface area contributed by atoms with Crippen molar-refractivity contribution in [1.29, 1.82) is 0 Å². The number of hydrogen-bond acceptors (Lipinski definition) is 5. The quantitative estimate of drug-likeness (QED) is 0.780. The molecule has 2 atom stereocenters. The zero-order chi connectivity index (χ0) is 15.5. The minimum Gasteiger partial charge on any atom is -0.444 e. The van der Waals surface area contributed by atoms with Gasteiger partial charge in [0.25, 0.3) is 0 Å². The van der Waals surface area contributed by atoms with Crippen LogP contribution in [0.2, 0.25) is 0 Å². The number of carbonyl (C=O) groups excluding carboxylic acids is 3. The van der Waals surface area contributed by atoms with Crippen LogP contribution in [0.25, 0.3) is 0 Å². The van der Waals surface area contributed by atoms with Gasteiger partial charge in [0.1, 0.15) is 17.7 Å². The minimum atomic E-state index is -0.770. The molecule has 1 saturated heterocycles. The fraction of sp³-hybridized carbons (Fsp3) is 0.750. The summed E-state index contributed by atoms with van der Waals surface area (Å²) in [5.41, 5.74) is 4.48. The van der Waals surface area contributed by atoms with Crippen LogP contribution in [0.15, 0.2) is 0 Å². The Morgan fingerprint density at radius 3 is 2.50 bits per heavy atom. The van der Waals surface area contributed by atoms with E-state index >= 15 is 0 Å². The lowest BCUT2D eigenvalue weighted by molar-refractivity contribution is -0.129. The van der Waals surface area contributed by atoms with Gasteiger partial charge in [-0.15, -0.1) is 11.8 Å². The van der Waals surface area contributed by atoms with E-state index < -0.39 is 35.6 Å². The fourth-order valence-electron chi connectivity index (χ4n) is 1.54. The summed E-state index contributed by atoms with van der Waals surface area (Å²) in [7, 11) is 0. The summed E-state index contributed by atoms with van der Waals surface area (Å²) in [5.74, 6) is -0.158. The van der Waals surface area contributed by atoms with E-state index in [4.69, 9.17) is 10.5 Å². The molecule has 0 aromatic carbocycles. The number of carbonyl (C=O) groups is 3. The van der Waals surface area contributed by atoms with Crippen LogP contribution in [0.1, 0.15) is 27.7 Å². The molecule has 0 spiro atoms. The van der Waals surface area contributed by atoms with Gasteiger partial charge in [-0.05, 0) is 27.7 Å². The Labute approximate surface area is 122 Å². The standard InChI is InChI=1S/C12H21N3O4S/c1-7(9(13)16)14-10(17)8-5-20-6-15(8)11(18)19-12(2,3)4/h7-8H,5-6H2,1-4H3,(H2,13,16)(H,14,17)/t7?,8-/m1/s1. The maximum Gasteiger partial charge on any atom is 0.411 e. The molecule has 0 aliphatic carbocycles. The predicted octanol–water partition coefficient (Wildman–Crippen LogP) is 0.286. The average molecular weight is 303 g/mol. The third kappa shape index (κ3) is 4.59. The molecule has 1 aliphatic heterocycles. The molecule has 1 heterocycles. The van der Waals surface area contributed by atoms with Gasteiger partial charge in [-0.3, -0.25) is 14.5 Å². The number of ether oxygens (including phenoxy) is 1. The maximum absolute atomic E-state index is 12.1. The Kier molecular flexibility index (Phi) is 5.27. The summed E-state index contributed by atoms with van der Waals surface area (Å²) in [6.07, 6.45) is -0.533. The number of rotatable bonds is 3. The van der Waals surface area contributed by atoms with Crippen molar-refractivity contribution in [3.05, 3.63) is 0 Å². The summed E-state index contributed by atoms with van der Waals surface area (Å²) in [4.78, 5) is 36.4. The molecule has 3 amide bonds. The van der Waals surface area contributed by atoms with E-state index in [1.807, 2.05) is 0 Å². The number of hydrogen-bond donors (Lipinski definition) is 2. The molecule has 3 N–H and O–H groups in total. The van der Waals surface area contributed by atoms with Gasteiger partial charge < -0.3 is 15.8 Å². The van der Waals surface area contributed by atoms with Crippen LogP contribution in [0.4, 0.5) is 4.79 Å². The Morgan fingerprint density at radius 2 is 2.00 bits per heavy atom. The largest absolute Gasteiger partial charge is 0.444 e. The van der Waals surface area contributed by atoms with Gasteiger partial charge in [-0.25, -0.2) is 4.79 Å². The highest BCUT2D eigenvalue weighted by Gasteiger charge is 2.37. The molecule has 0 saturated carbocycles. The second-order valence-electron chi connectivity index (χ2n) is 5.60. The first-order chi connectivity index (χ1) is 9.11. The third-order valence-corrected chi connectivity index (χ3v) is 3.61. The lowest BCUT2D eigenvalue weighted by Gasteiger charge is -2.27. The van der Waals surface area contributed by atoms with Crippen LogP contribution in [0.5, 0.6) is 0 Å². The molecule has 1 fully saturated rings. The first-order valence-corrected chi connectivity index (χ1v) is 7.44. The maximum atomic E-state index is 12.1. The number of thioether (sulfide) groups is 1. The topological polar surface area (TPSA) is 102 Å². The highest BCUT2D eigenvalue weighted by atomic mass is 32.2. The van der Waals surface area contributed by atoms with Crippen molar-refractivity contribution in [1.82, 2.24) is 10.2 Å². The first-order valence-electron chi connectivity index (χ1n) is 6.29. The van der Waals surface area contributed by atoms with Crippen molar-refractivity contribution in [2.45, 2.75) is 45.4 Å². The Bertz CT molecular complexity index is 408. The van der Waals surface area contributed by atoms with E-state index in [1.165, 1.54) is 23.6 Å². The molecule has 0 aromatic rings. The van der Waals surface area contributed by atoms with Crippen molar-refractivity contribution >= 4 is 29.7 Å². The second-order valence-corrected chi connectivity index (χ2v) is 6.60. The third-order valence-electron chi connectivity index (χ3n) is 2.60. The molecule has 0 aromatic heterocycles. The Balaban J connectivity index is 2.67. The number of primary amides is 1. The zero-order valence-electron chi connectivity index (χ0n) is 12.1. The van der Waals surface area contributed by atoms with Gasteiger partial charge >= 0.3 is 6.09 Å². The molecule has 1 rings (SSSR count). The van der Waals surface area contributed by atoms with E-state index in [-0.39, 0.29) is 0 Å². The molecule has 0 bridgehead atoms. The van der Waals surface area contributed by atoms with Gasteiger partial charge in [0.15, 0.2) is 0 Å². The van der Waals surface area contributed by atoms with E-state index in [0.717, 1.165) is 0 Å². The average Bonchev–Trinajstić information content (AvgIpc) is 2.74. The summed E-state index contributed by atoms with van der Waals surface area (Å²) in [6.45, 7) is 6.79. The number of amides is 3. The molecule has 0 radical (unpaired) electrons. The molecule has 20 heavy (non-hydrogen) atoms. The zero-order valence-corrected chi connectivity index (χ0v) is 13.0. The molecule has 8 heteroatoms. The second kappa shape index (κ2) is 6.34. The number of nitrogens with one attached hydrogen (secondary N) is 1. The van der Waals surface area contributed by atoms with Crippen LogP contribution >= 0.6 is 11.8 Å². The molecule has 114 valence electrons. The van der Waals surface area contributed by atoms with Crippen LogP contribution in [-0.2, 0) is 14.3 Å². The first kappa shape index (κ1) is 16.6. The summed E-state index contributed by atoms with van der Waals surface area (Å²) in [5, 5.41) is 2.49. The van der Waals surface area contributed by atoms with Gasteiger partial charge in [-0.2, -0.15) is 0 Å². The summed E-state index contributed by atoms with van der Waals surface area (Å²) < 4.78 is 5.26. The van der Waals surface area contributed by atoms with E-state index in [0.29, 0.717) is 11.6 Å². The van der Waals surface area contributed by atoms with E-state index in [2.05, 4.69) is 5.32 Å². The smallest absolute Gasteiger partial charge is 0.411 e. The lowest BCUT2D eigenvalue weighted by Crippen LogP contribution is -2.52. The van der Waals surface area contributed by atoms with Gasteiger partial charge in [0.2, 0.25) is 11.8 Å². The SMILES string of the molecule is CC(NC(=O)[C@H]1CSCN1C(=O)OC(C)(C)C)C(N)=O. The minimum absolute atomic E-state index is 0.387. The molecule has 7 nitrogen and oxygen atoms in total. The van der Waals surface area contributed by atoms with Crippen molar-refractivity contribution in [3.8, 4) is 0 Å². The van der Waals surface area contributed by atoms with Gasteiger partial charge in [0.05, 0.1) is 5.88 Å². The van der Waals surface area contributed by atoms with E-state index in [1.54, 1.807) is 20.8 Å². The van der Waals surface area contributed by atoms with Crippen LogP contribution < -0.4 is 11.1 Å². The van der Waals surface area contributed by atoms with E-state index in [9.17, 15) is 14.4 Å². The summed E-state index contributed by atoms with van der Waals surface area (Å²) in [6, 6.07) is -1.41. The number of nitrogens with zero attached hydrogens (tertiary/aromatic N) is 1. The monoisotopic (exact) mass is 303 g/mol. The van der Waals surface area contributed by atoms with Gasteiger partial charge in [-0.1, -0.05) is 0 Å². The predicted molar refractivity (Wildman–Crippen MR) is 76.0 cm³/mol.